The molecule has 0 aromatic heterocycles. The number of rotatable bonds is 6. The van der Waals surface area contributed by atoms with Gasteiger partial charge in [-0.05, 0) is 29.8 Å². The molecule has 1 amide bonds. The first-order valence-electron chi connectivity index (χ1n) is 9.83. The van der Waals surface area contributed by atoms with Crippen molar-refractivity contribution in [2.75, 3.05) is 4.90 Å². The second-order valence-electron chi connectivity index (χ2n) is 6.92. The first kappa shape index (κ1) is 19.3. The smallest absolute Gasteiger partial charge is 0.259 e. The van der Waals surface area contributed by atoms with Gasteiger partial charge in [0.05, 0.1) is 0 Å². The van der Waals surface area contributed by atoms with E-state index in [1.165, 1.54) is 0 Å². The van der Waals surface area contributed by atoms with Crippen molar-refractivity contribution in [3.05, 3.63) is 138 Å². The van der Waals surface area contributed by atoms with Crippen molar-refractivity contribution >= 4 is 17.4 Å². The van der Waals surface area contributed by atoms with Crippen LogP contribution in [0.2, 0.25) is 0 Å². The molecule has 0 radical (unpaired) electrons. The van der Waals surface area contributed by atoms with Crippen LogP contribution in [0, 0.1) is 0 Å². The molecule has 4 aromatic carbocycles. The molecular formula is C27H21NO2. The van der Waals surface area contributed by atoms with Gasteiger partial charge in [-0.2, -0.15) is 0 Å². The first-order chi connectivity index (χ1) is 14.8. The standard InChI is InChI=1S/C27H21NO2/c29-26(22-15-7-2-8-16-22)25(21-13-5-1-6-14-21)28(24-19-11-4-12-20-24)27(30)23-17-9-3-10-18-23/h1-20,25H/t25-/m1/s1. The maximum Gasteiger partial charge on any atom is 0.259 e. The van der Waals surface area contributed by atoms with E-state index in [2.05, 4.69) is 0 Å². The summed E-state index contributed by atoms with van der Waals surface area (Å²) in [4.78, 5) is 29.0. The summed E-state index contributed by atoms with van der Waals surface area (Å²) >= 11 is 0. The minimum Gasteiger partial charge on any atom is -0.293 e. The van der Waals surface area contributed by atoms with Crippen LogP contribution < -0.4 is 4.90 Å². The number of amides is 1. The number of Topliss-reactive ketones (excluding diaryl/α,β-unsaturated/α-hetero) is 1. The lowest BCUT2D eigenvalue weighted by Gasteiger charge is -2.31. The van der Waals surface area contributed by atoms with Crippen LogP contribution in [0.3, 0.4) is 0 Å². The number of carbonyl (C=O) groups excluding carboxylic acids is 2. The Balaban J connectivity index is 1.89. The van der Waals surface area contributed by atoms with Crippen molar-refractivity contribution in [1.82, 2.24) is 0 Å². The Labute approximate surface area is 176 Å². The van der Waals surface area contributed by atoms with E-state index >= 15 is 0 Å². The Morgan fingerprint density at radius 1 is 0.533 bits per heavy atom. The van der Waals surface area contributed by atoms with Crippen LogP contribution in [0.4, 0.5) is 5.69 Å². The molecule has 0 saturated carbocycles. The van der Waals surface area contributed by atoms with E-state index in [1.807, 2.05) is 97.1 Å². The first-order valence-corrected chi connectivity index (χ1v) is 9.83. The van der Waals surface area contributed by atoms with Gasteiger partial charge in [-0.3, -0.25) is 14.5 Å². The van der Waals surface area contributed by atoms with Crippen molar-refractivity contribution in [2.45, 2.75) is 6.04 Å². The third kappa shape index (κ3) is 4.06. The van der Waals surface area contributed by atoms with Crippen LogP contribution in [-0.2, 0) is 0 Å². The number of carbonyl (C=O) groups is 2. The summed E-state index contributed by atoms with van der Waals surface area (Å²) in [7, 11) is 0. The average molecular weight is 391 g/mol. The van der Waals surface area contributed by atoms with Crippen molar-refractivity contribution < 1.29 is 9.59 Å². The van der Waals surface area contributed by atoms with Crippen molar-refractivity contribution in [1.29, 1.82) is 0 Å². The molecule has 30 heavy (non-hydrogen) atoms. The lowest BCUT2D eigenvalue weighted by Crippen LogP contribution is -2.39. The molecule has 3 heteroatoms. The Kier molecular flexibility index (Phi) is 5.81. The van der Waals surface area contributed by atoms with Gasteiger partial charge in [-0.1, -0.05) is 97.1 Å². The maximum absolute atomic E-state index is 13.7. The van der Waals surface area contributed by atoms with E-state index in [1.54, 1.807) is 29.2 Å². The highest BCUT2D eigenvalue weighted by Gasteiger charge is 2.33. The summed E-state index contributed by atoms with van der Waals surface area (Å²) < 4.78 is 0. The van der Waals surface area contributed by atoms with Gasteiger partial charge in [0.2, 0.25) is 0 Å². The SMILES string of the molecule is O=C(c1ccccc1)[C@@H](c1ccccc1)N(C(=O)c1ccccc1)c1ccccc1. The number of hydrogen-bond acceptors (Lipinski definition) is 2. The number of anilines is 1. The Hall–Kier alpha value is -3.98. The summed E-state index contributed by atoms with van der Waals surface area (Å²) in [6.07, 6.45) is 0. The lowest BCUT2D eigenvalue weighted by atomic mass is 9.94. The molecule has 0 aliphatic heterocycles. The van der Waals surface area contributed by atoms with Crippen LogP contribution in [0.1, 0.15) is 32.3 Å². The molecule has 0 bridgehead atoms. The van der Waals surface area contributed by atoms with Gasteiger partial charge in [-0.15, -0.1) is 0 Å². The predicted octanol–water partition coefficient (Wildman–Crippen LogP) is 5.96. The number of nitrogens with zero attached hydrogens (tertiary/aromatic N) is 1. The molecule has 0 N–H and O–H groups in total. The summed E-state index contributed by atoms with van der Waals surface area (Å²) in [5.41, 5.74) is 2.53. The van der Waals surface area contributed by atoms with Crippen LogP contribution in [0.25, 0.3) is 0 Å². The average Bonchev–Trinajstić information content (AvgIpc) is 2.84. The predicted molar refractivity (Wildman–Crippen MR) is 120 cm³/mol. The van der Waals surface area contributed by atoms with E-state index in [0.717, 1.165) is 5.56 Å². The van der Waals surface area contributed by atoms with Gasteiger partial charge >= 0.3 is 0 Å². The topological polar surface area (TPSA) is 37.4 Å². The van der Waals surface area contributed by atoms with Gasteiger partial charge in [0.15, 0.2) is 5.78 Å². The molecule has 0 heterocycles. The van der Waals surface area contributed by atoms with E-state index in [4.69, 9.17) is 0 Å². The zero-order valence-electron chi connectivity index (χ0n) is 16.4. The summed E-state index contributed by atoms with van der Waals surface area (Å²) in [5, 5.41) is 0. The van der Waals surface area contributed by atoms with Crippen LogP contribution in [0.5, 0.6) is 0 Å². The van der Waals surface area contributed by atoms with Gasteiger partial charge in [0.25, 0.3) is 5.91 Å². The molecule has 0 saturated heterocycles. The quantitative estimate of drug-likeness (QED) is 0.381. The number of hydrogen-bond donors (Lipinski definition) is 0. The molecule has 0 spiro atoms. The van der Waals surface area contributed by atoms with E-state index in [9.17, 15) is 9.59 Å². The van der Waals surface area contributed by atoms with Crippen LogP contribution in [-0.4, -0.2) is 11.7 Å². The third-order valence-corrected chi connectivity index (χ3v) is 4.95. The molecular weight excluding hydrogens is 370 g/mol. The molecule has 4 aromatic rings. The molecule has 0 aliphatic carbocycles. The van der Waals surface area contributed by atoms with Crippen molar-refractivity contribution in [2.24, 2.45) is 0 Å². The van der Waals surface area contributed by atoms with E-state index < -0.39 is 6.04 Å². The highest BCUT2D eigenvalue weighted by molar-refractivity contribution is 6.13. The van der Waals surface area contributed by atoms with E-state index in [0.29, 0.717) is 16.8 Å². The zero-order chi connectivity index (χ0) is 20.8. The minimum absolute atomic E-state index is 0.130. The molecule has 146 valence electrons. The van der Waals surface area contributed by atoms with Crippen molar-refractivity contribution in [3.8, 4) is 0 Å². The molecule has 1 atom stereocenters. The van der Waals surface area contributed by atoms with Crippen LogP contribution in [0.15, 0.2) is 121 Å². The lowest BCUT2D eigenvalue weighted by molar-refractivity contribution is 0.0896. The second kappa shape index (κ2) is 9.01. The molecule has 3 nitrogen and oxygen atoms in total. The van der Waals surface area contributed by atoms with Gasteiger partial charge < -0.3 is 0 Å². The molecule has 0 fully saturated rings. The van der Waals surface area contributed by atoms with Gasteiger partial charge in [0.1, 0.15) is 6.04 Å². The molecule has 4 rings (SSSR count). The highest BCUT2D eigenvalue weighted by atomic mass is 16.2. The highest BCUT2D eigenvalue weighted by Crippen LogP contribution is 2.32. The van der Waals surface area contributed by atoms with E-state index in [-0.39, 0.29) is 11.7 Å². The van der Waals surface area contributed by atoms with Gasteiger partial charge in [-0.25, -0.2) is 0 Å². The summed E-state index contributed by atoms with van der Waals surface area (Å²) in [6, 6.07) is 36.2. The monoisotopic (exact) mass is 391 g/mol. The Bertz CT molecular complexity index is 1020. The molecule has 0 unspecified atom stereocenters. The van der Waals surface area contributed by atoms with Crippen LogP contribution >= 0.6 is 0 Å². The third-order valence-electron chi connectivity index (χ3n) is 4.95. The normalized spacial score (nSPS) is 11.5. The summed E-state index contributed by atoms with van der Waals surface area (Å²) in [6.45, 7) is 0. The number of benzene rings is 4. The Morgan fingerprint density at radius 3 is 1.50 bits per heavy atom. The fourth-order valence-electron chi connectivity index (χ4n) is 3.51. The zero-order valence-corrected chi connectivity index (χ0v) is 16.4. The maximum atomic E-state index is 13.7. The van der Waals surface area contributed by atoms with Crippen molar-refractivity contribution in [3.63, 3.8) is 0 Å². The second-order valence-corrected chi connectivity index (χ2v) is 6.92. The molecule has 0 aliphatic rings. The Morgan fingerprint density at radius 2 is 0.967 bits per heavy atom. The van der Waals surface area contributed by atoms with Gasteiger partial charge in [0, 0.05) is 16.8 Å². The minimum atomic E-state index is -0.788. The number of ketones is 1. The fourth-order valence-corrected chi connectivity index (χ4v) is 3.51. The number of para-hydroxylation sites is 1. The summed E-state index contributed by atoms with van der Waals surface area (Å²) in [5.74, 6) is -0.352. The largest absolute Gasteiger partial charge is 0.293 e. The fraction of sp³-hybridized carbons (Fsp3) is 0.0370.